The van der Waals surface area contributed by atoms with Gasteiger partial charge in [-0.05, 0) is 12.5 Å². The van der Waals surface area contributed by atoms with Crippen LogP contribution in [0.4, 0.5) is 0 Å². The molecule has 0 radical (unpaired) electrons. The lowest BCUT2D eigenvalue weighted by Crippen LogP contribution is -2.48. The van der Waals surface area contributed by atoms with E-state index in [0.29, 0.717) is 18.8 Å². The van der Waals surface area contributed by atoms with Crippen LogP contribution < -0.4 is 0 Å². The molecule has 0 unspecified atom stereocenters. The van der Waals surface area contributed by atoms with Crippen molar-refractivity contribution in [2.24, 2.45) is 0 Å². The summed E-state index contributed by atoms with van der Waals surface area (Å²) in [5, 5.41) is 3.68. The molecule has 1 aliphatic rings. The Hall–Kier alpha value is -1.70. The molecule has 1 aromatic heterocycles. The van der Waals surface area contributed by atoms with E-state index in [1.54, 1.807) is 10.4 Å². The summed E-state index contributed by atoms with van der Waals surface area (Å²) in [6.07, 6.45) is 1.39. The summed E-state index contributed by atoms with van der Waals surface area (Å²) in [5.74, 6) is -0.0958. The van der Waals surface area contributed by atoms with Gasteiger partial charge < -0.3 is 4.52 Å². The molecule has 3 rings (SSSR count). The molecule has 1 aliphatic heterocycles. The van der Waals surface area contributed by atoms with E-state index in [-0.39, 0.29) is 5.75 Å². The Kier molecular flexibility index (Phi) is 4.79. The van der Waals surface area contributed by atoms with Gasteiger partial charge in [-0.15, -0.1) is 0 Å². The maximum atomic E-state index is 12.4. The molecule has 0 bridgehead atoms. The number of nitrogens with zero attached hydrogens (tertiary/aromatic N) is 3. The van der Waals surface area contributed by atoms with Crippen LogP contribution in [0.2, 0.25) is 0 Å². The fraction of sp³-hybridized carbons (Fsp3) is 0.438. The van der Waals surface area contributed by atoms with E-state index in [2.05, 4.69) is 41.2 Å². The number of piperazine rings is 1. The zero-order valence-electron chi connectivity index (χ0n) is 13.2. The molecule has 0 saturated carbocycles. The average Bonchev–Trinajstić information content (AvgIpc) is 3.02. The minimum atomic E-state index is -3.32. The van der Waals surface area contributed by atoms with E-state index in [1.165, 1.54) is 17.4 Å². The van der Waals surface area contributed by atoms with Crippen LogP contribution >= 0.6 is 0 Å². The average molecular weight is 335 g/mol. The number of hydrogen-bond donors (Lipinski definition) is 0. The third-order valence-corrected chi connectivity index (χ3v) is 5.89. The minimum Gasteiger partial charge on any atom is -0.364 e. The van der Waals surface area contributed by atoms with Gasteiger partial charge >= 0.3 is 0 Å². The zero-order chi connectivity index (χ0) is 16.3. The van der Waals surface area contributed by atoms with Gasteiger partial charge in [0.2, 0.25) is 10.0 Å². The Morgan fingerprint density at radius 1 is 1.09 bits per heavy atom. The third-order valence-electron chi connectivity index (χ3n) is 4.07. The Bertz CT molecular complexity index is 718. The lowest BCUT2D eigenvalue weighted by atomic mass is 10.1. The number of rotatable bonds is 5. The van der Waals surface area contributed by atoms with Gasteiger partial charge in [-0.25, -0.2) is 8.42 Å². The van der Waals surface area contributed by atoms with E-state index in [9.17, 15) is 8.42 Å². The van der Waals surface area contributed by atoms with E-state index < -0.39 is 10.0 Å². The number of hydrogen-bond acceptors (Lipinski definition) is 5. The first kappa shape index (κ1) is 16.2. The second-order valence-electron chi connectivity index (χ2n) is 5.91. The lowest BCUT2D eigenvalue weighted by Gasteiger charge is -2.33. The predicted molar refractivity (Wildman–Crippen MR) is 87.2 cm³/mol. The van der Waals surface area contributed by atoms with Gasteiger partial charge in [-0.2, -0.15) is 4.31 Å². The van der Waals surface area contributed by atoms with E-state index >= 15 is 0 Å². The summed E-state index contributed by atoms with van der Waals surface area (Å²) >= 11 is 0. The Morgan fingerprint density at radius 2 is 1.78 bits per heavy atom. The largest absolute Gasteiger partial charge is 0.364 e. The van der Waals surface area contributed by atoms with Crippen LogP contribution in [0.3, 0.4) is 0 Å². The van der Waals surface area contributed by atoms with E-state index in [0.717, 1.165) is 19.6 Å². The zero-order valence-corrected chi connectivity index (χ0v) is 14.0. The molecule has 2 heterocycles. The molecule has 0 atom stereocenters. The topological polar surface area (TPSA) is 66.7 Å². The van der Waals surface area contributed by atoms with Gasteiger partial charge in [0.25, 0.3) is 0 Å². The maximum Gasteiger partial charge on any atom is 0.220 e. The molecule has 2 aromatic rings. The summed E-state index contributed by atoms with van der Waals surface area (Å²) in [6, 6.07) is 10.1. The first-order valence-corrected chi connectivity index (χ1v) is 9.29. The van der Waals surface area contributed by atoms with Gasteiger partial charge in [0.1, 0.15) is 12.0 Å². The molecule has 1 fully saturated rings. The summed E-state index contributed by atoms with van der Waals surface area (Å²) in [4.78, 5) is 2.28. The van der Waals surface area contributed by atoms with Gasteiger partial charge in [-0.3, -0.25) is 4.90 Å². The predicted octanol–water partition coefficient (Wildman–Crippen LogP) is 1.63. The molecule has 1 aromatic carbocycles. The van der Waals surface area contributed by atoms with E-state index in [4.69, 9.17) is 4.52 Å². The van der Waals surface area contributed by atoms with Crippen molar-refractivity contribution >= 4 is 10.0 Å². The highest BCUT2D eigenvalue weighted by Gasteiger charge is 2.27. The van der Waals surface area contributed by atoms with Crippen molar-refractivity contribution < 1.29 is 12.9 Å². The summed E-state index contributed by atoms with van der Waals surface area (Å²) in [6.45, 7) is 5.45. The van der Waals surface area contributed by atoms with Crippen LogP contribution in [0.1, 0.15) is 16.8 Å². The maximum absolute atomic E-state index is 12.4. The number of benzene rings is 1. The molecule has 1 saturated heterocycles. The number of aromatic nitrogens is 1. The fourth-order valence-electron chi connectivity index (χ4n) is 2.71. The second kappa shape index (κ2) is 6.82. The van der Waals surface area contributed by atoms with Gasteiger partial charge in [0, 0.05) is 38.8 Å². The number of sulfonamides is 1. The van der Waals surface area contributed by atoms with Crippen LogP contribution in [0, 0.1) is 6.92 Å². The molecule has 6 nitrogen and oxygen atoms in total. The molecule has 0 spiro atoms. The SMILES string of the molecule is Cc1ccc(CN2CCN(S(=O)(=O)Cc3ccon3)CC2)cc1. The standard InChI is InChI=1S/C16H21N3O3S/c1-14-2-4-15(5-3-14)12-18-7-9-19(10-8-18)23(20,21)13-16-6-11-22-17-16/h2-6,11H,7-10,12-13H2,1H3. The number of aryl methyl sites for hydroxylation is 1. The monoisotopic (exact) mass is 335 g/mol. The third kappa shape index (κ3) is 4.19. The fourth-order valence-corrected chi connectivity index (χ4v) is 4.13. The highest BCUT2D eigenvalue weighted by molar-refractivity contribution is 7.88. The molecular weight excluding hydrogens is 314 g/mol. The van der Waals surface area contributed by atoms with Crippen LogP contribution in [-0.4, -0.2) is 49.0 Å². The highest BCUT2D eigenvalue weighted by Crippen LogP contribution is 2.14. The first-order chi connectivity index (χ1) is 11.0. The molecule has 0 aliphatic carbocycles. The van der Waals surface area contributed by atoms with Crippen LogP contribution in [0.5, 0.6) is 0 Å². The molecular formula is C16H21N3O3S. The van der Waals surface area contributed by atoms with Gasteiger partial charge in [0.15, 0.2) is 0 Å². The quantitative estimate of drug-likeness (QED) is 0.831. The van der Waals surface area contributed by atoms with Crippen molar-refractivity contribution in [3.05, 3.63) is 53.4 Å². The Balaban J connectivity index is 1.54. The van der Waals surface area contributed by atoms with Crippen molar-refractivity contribution in [2.75, 3.05) is 26.2 Å². The van der Waals surface area contributed by atoms with Crippen molar-refractivity contribution in [1.82, 2.24) is 14.4 Å². The van der Waals surface area contributed by atoms with Gasteiger partial charge in [-0.1, -0.05) is 35.0 Å². The van der Waals surface area contributed by atoms with Crippen molar-refractivity contribution in [3.63, 3.8) is 0 Å². The second-order valence-corrected chi connectivity index (χ2v) is 7.88. The summed E-state index contributed by atoms with van der Waals surface area (Å²) < 4.78 is 31.0. The molecule has 0 amide bonds. The van der Waals surface area contributed by atoms with Crippen molar-refractivity contribution in [3.8, 4) is 0 Å². The van der Waals surface area contributed by atoms with Crippen LogP contribution in [0.15, 0.2) is 41.1 Å². The van der Waals surface area contributed by atoms with Gasteiger partial charge in [0.05, 0.1) is 5.69 Å². The molecule has 23 heavy (non-hydrogen) atoms. The first-order valence-electron chi connectivity index (χ1n) is 7.68. The highest BCUT2D eigenvalue weighted by atomic mass is 32.2. The summed E-state index contributed by atoms with van der Waals surface area (Å²) in [5.41, 5.74) is 2.96. The molecule has 124 valence electrons. The van der Waals surface area contributed by atoms with Crippen LogP contribution in [0.25, 0.3) is 0 Å². The molecule has 0 N–H and O–H groups in total. The smallest absolute Gasteiger partial charge is 0.220 e. The van der Waals surface area contributed by atoms with Crippen molar-refractivity contribution in [1.29, 1.82) is 0 Å². The van der Waals surface area contributed by atoms with Crippen LogP contribution in [-0.2, 0) is 22.3 Å². The normalized spacial score (nSPS) is 17.4. The lowest BCUT2D eigenvalue weighted by molar-refractivity contribution is 0.181. The van der Waals surface area contributed by atoms with E-state index in [1.807, 2.05) is 0 Å². The minimum absolute atomic E-state index is 0.0958. The summed E-state index contributed by atoms with van der Waals surface area (Å²) in [7, 11) is -3.32. The Morgan fingerprint density at radius 3 is 2.39 bits per heavy atom. The Labute approximate surface area is 136 Å². The molecule has 7 heteroatoms. The van der Waals surface area contributed by atoms with Crippen molar-refractivity contribution in [2.45, 2.75) is 19.2 Å².